The highest BCUT2D eigenvalue weighted by Gasteiger charge is 2.36. The number of anilines is 2. The number of nitrogens with one attached hydrogen (secondary N) is 3. The first kappa shape index (κ1) is 16.0. The number of hydrogen-bond acceptors (Lipinski definition) is 5. The third-order valence-corrected chi connectivity index (χ3v) is 4.97. The van der Waals surface area contributed by atoms with Gasteiger partial charge in [0.2, 0.25) is 0 Å². The number of halogens is 2. The molecule has 1 aliphatic carbocycles. The lowest BCUT2D eigenvalue weighted by Crippen LogP contribution is -2.25. The van der Waals surface area contributed by atoms with E-state index >= 15 is 0 Å². The number of fused-ring (bicyclic) bond motifs is 4. The number of methoxy groups -OCH3 is 1. The van der Waals surface area contributed by atoms with Crippen LogP contribution in [0.3, 0.4) is 0 Å². The average Bonchev–Trinajstić information content (AvgIpc) is 3.24. The molecule has 0 spiro atoms. The third kappa shape index (κ3) is 2.57. The molecule has 9 heteroatoms. The number of nitrogens with zero attached hydrogens (tertiary/aromatic N) is 3. The Bertz CT molecular complexity index is 1170. The minimum Gasteiger partial charge on any atom is -0.494 e. The molecule has 0 atom stereocenters. The van der Waals surface area contributed by atoms with Gasteiger partial charge in [0.05, 0.1) is 29.9 Å². The quantitative estimate of drug-likeness (QED) is 0.511. The molecule has 0 amide bonds. The first-order valence-electron chi connectivity index (χ1n) is 8.54. The van der Waals surface area contributed by atoms with E-state index in [9.17, 15) is 8.78 Å². The number of aromatic nitrogens is 5. The molecule has 5 rings (SSSR count). The second-order valence-electron chi connectivity index (χ2n) is 6.70. The van der Waals surface area contributed by atoms with Crippen LogP contribution in [0.4, 0.5) is 20.3 Å². The van der Waals surface area contributed by atoms with Gasteiger partial charge in [0.25, 0.3) is 5.92 Å². The van der Waals surface area contributed by atoms with Crippen molar-refractivity contribution in [2.45, 2.75) is 25.2 Å². The first-order chi connectivity index (χ1) is 13.0. The van der Waals surface area contributed by atoms with Gasteiger partial charge in [-0.1, -0.05) is 0 Å². The molecular weight excluding hydrogens is 354 g/mol. The van der Waals surface area contributed by atoms with E-state index in [4.69, 9.17) is 4.74 Å². The van der Waals surface area contributed by atoms with E-state index < -0.39 is 5.92 Å². The highest BCUT2D eigenvalue weighted by Crippen LogP contribution is 2.40. The van der Waals surface area contributed by atoms with Crippen LogP contribution in [0.2, 0.25) is 0 Å². The Morgan fingerprint density at radius 3 is 3.00 bits per heavy atom. The molecule has 27 heavy (non-hydrogen) atoms. The maximum atomic E-state index is 14.0. The summed E-state index contributed by atoms with van der Waals surface area (Å²) in [6.07, 6.45) is 2.93. The number of ether oxygens (including phenoxy) is 1. The smallest absolute Gasteiger partial charge is 0.252 e. The van der Waals surface area contributed by atoms with Crippen molar-refractivity contribution in [1.29, 1.82) is 0 Å². The van der Waals surface area contributed by atoms with Crippen LogP contribution >= 0.6 is 0 Å². The normalized spacial score (nSPS) is 15.8. The molecule has 7 nitrogen and oxygen atoms in total. The molecule has 0 saturated carbocycles. The van der Waals surface area contributed by atoms with E-state index in [1.165, 1.54) is 6.33 Å². The van der Waals surface area contributed by atoms with E-state index in [2.05, 4.69) is 30.5 Å². The molecular formula is C18H16F2N6O. The van der Waals surface area contributed by atoms with E-state index in [1.54, 1.807) is 13.3 Å². The lowest BCUT2D eigenvalue weighted by molar-refractivity contribution is -0.0121. The number of alkyl halides is 2. The molecule has 0 saturated heterocycles. The maximum absolute atomic E-state index is 14.0. The Balaban J connectivity index is 1.65. The fraction of sp³-hybridized carbons (Fsp3) is 0.278. The van der Waals surface area contributed by atoms with Crippen molar-refractivity contribution in [3.63, 3.8) is 0 Å². The van der Waals surface area contributed by atoms with Crippen molar-refractivity contribution in [3.05, 3.63) is 35.9 Å². The van der Waals surface area contributed by atoms with Gasteiger partial charge in [0, 0.05) is 30.0 Å². The summed E-state index contributed by atoms with van der Waals surface area (Å²) in [5.74, 6) is -1.66. The highest BCUT2D eigenvalue weighted by molar-refractivity contribution is 5.95. The summed E-state index contributed by atoms with van der Waals surface area (Å²) in [6, 6.07) is 3.70. The van der Waals surface area contributed by atoms with Gasteiger partial charge in [0.1, 0.15) is 23.5 Å². The lowest BCUT2D eigenvalue weighted by atomic mass is 9.93. The monoisotopic (exact) mass is 370 g/mol. The minimum atomic E-state index is -2.72. The molecule has 1 aromatic carbocycles. The van der Waals surface area contributed by atoms with Crippen molar-refractivity contribution in [2.24, 2.45) is 0 Å². The van der Waals surface area contributed by atoms with Gasteiger partial charge in [0.15, 0.2) is 0 Å². The molecule has 138 valence electrons. The Morgan fingerprint density at radius 1 is 1.26 bits per heavy atom. The molecule has 0 fully saturated rings. The van der Waals surface area contributed by atoms with Crippen molar-refractivity contribution in [3.8, 4) is 5.75 Å². The van der Waals surface area contributed by atoms with E-state index in [0.29, 0.717) is 40.3 Å². The fourth-order valence-corrected chi connectivity index (χ4v) is 3.66. The largest absolute Gasteiger partial charge is 0.494 e. The Labute approximate surface area is 152 Å². The molecule has 0 aliphatic heterocycles. The number of H-pyrrole nitrogens is 2. The Hall–Kier alpha value is -3.23. The summed E-state index contributed by atoms with van der Waals surface area (Å²) in [7, 11) is 1.57. The number of hydrogen-bond donors (Lipinski definition) is 3. The van der Waals surface area contributed by atoms with Crippen molar-refractivity contribution in [1.82, 2.24) is 25.1 Å². The average molecular weight is 370 g/mol. The Kier molecular flexibility index (Phi) is 3.33. The second kappa shape index (κ2) is 5.63. The molecule has 0 unspecified atom stereocenters. The summed E-state index contributed by atoms with van der Waals surface area (Å²) in [5, 5.41) is 11.6. The van der Waals surface area contributed by atoms with Crippen molar-refractivity contribution >= 4 is 33.4 Å². The molecule has 3 aromatic heterocycles. The zero-order valence-electron chi connectivity index (χ0n) is 14.4. The van der Waals surface area contributed by atoms with Gasteiger partial charge < -0.3 is 15.0 Å². The minimum absolute atomic E-state index is 0.159. The van der Waals surface area contributed by atoms with Crippen LogP contribution in [-0.4, -0.2) is 38.2 Å². The molecule has 0 radical (unpaired) electrons. The van der Waals surface area contributed by atoms with Gasteiger partial charge >= 0.3 is 0 Å². The maximum Gasteiger partial charge on any atom is 0.252 e. The van der Waals surface area contributed by atoms with Crippen LogP contribution in [0, 0.1) is 0 Å². The predicted molar refractivity (Wildman–Crippen MR) is 96.8 cm³/mol. The second-order valence-corrected chi connectivity index (χ2v) is 6.70. The van der Waals surface area contributed by atoms with Crippen LogP contribution in [0.5, 0.6) is 5.75 Å². The first-order valence-corrected chi connectivity index (χ1v) is 8.54. The molecule has 3 N–H and O–H groups in total. The third-order valence-electron chi connectivity index (χ3n) is 4.97. The summed E-state index contributed by atoms with van der Waals surface area (Å²) in [5.41, 5.74) is 3.44. The van der Waals surface area contributed by atoms with Crippen molar-refractivity contribution in [2.75, 3.05) is 12.4 Å². The van der Waals surface area contributed by atoms with Crippen LogP contribution in [0.15, 0.2) is 24.7 Å². The van der Waals surface area contributed by atoms with Crippen LogP contribution in [0.1, 0.15) is 17.7 Å². The zero-order chi connectivity index (χ0) is 18.6. The van der Waals surface area contributed by atoms with Gasteiger partial charge in [-0.25, -0.2) is 18.7 Å². The summed E-state index contributed by atoms with van der Waals surface area (Å²) in [4.78, 5) is 11.7. The van der Waals surface area contributed by atoms with Gasteiger partial charge in [-0.3, -0.25) is 5.10 Å². The van der Waals surface area contributed by atoms with Gasteiger partial charge in [-0.05, 0) is 18.1 Å². The molecule has 0 bridgehead atoms. The van der Waals surface area contributed by atoms with Crippen molar-refractivity contribution < 1.29 is 13.5 Å². The Morgan fingerprint density at radius 2 is 2.15 bits per heavy atom. The number of benzene rings is 1. The highest BCUT2D eigenvalue weighted by atomic mass is 19.3. The molecule has 3 heterocycles. The zero-order valence-corrected chi connectivity index (χ0v) is 14.4. The van der Waals surface area contributed by atoms with Crippen LogP contribution in [-0.2, 0) is 12.8 Å². The predicted octanol–water partition coefficient (Wildman–Crippen LogP) is 3.71. The molecule has 4 aromatic rings. The summed E-state index contributed by atoms with van der Waals surface area (Å²) >= 11 is 0. The summed E-state index contributed by atoms with van der Waals surface area (Å²) < 4.78 is 33.5. The fourth-order valence-electron chi connectivity index (χ4n) is 3.66. The standard InChI is InChI=1S/C18H16F2N6O/c1-27-14-5-12-9(7-23-26-12)4-13(14)25-17-15-10-6-18(19,20)3-2-11(10)24-16(15)21-8-22-17/h4-5,7-8H,2-3,6H2,1H3,(H,23,26)(H2,21,22,24,25). The van der Waals surface area contributed by atoms with Gasteiger partial charge in [-0.2, -0.15) is 5.10 Å². The number of aromatic amines is 2. The van der Waals surface area contributed by atoms with Crippen LogP contribution < -0.4 is 10.1 Å². The SMILES string of the molecule is COc1cc2[nH]ncc2cc1Nc1ncnc2[nH]c3c(c12)CC(F)(F)CC3. The number of aryl methyl sites for hydroxylation is 1. The van der Waals surface area contributed by atoms with Gasteiger partial charge in [-0.15, -0.1) is 0 Å². The van der Waals surface area contributed by atoms with E-state index in [1.807, 2.05) is 12.1 Å². The molecule has 1 aliphatic rings. The van der Waals surface area contributed by atoms with Crippen LogP contribution in [0.25, 0.3) is 21.9 Å². The van der Waals surface area contributed by atoms with E-state index in [-0.39, 0.29) is 12.8 Å². The van der Waals surface area contributed by atoms with E-state index in [0.717, 1.165) is 16.6 Å². The lowest BCUT2D eigenvalue weighted by Gasteiger charge is -2.22. The summed E-state index contributed by atoms with van der Waals surface area (Å²) in [6.45, 7) is 0. The number of rotatable bonds is 3. The topological polar surface area (TPSA) is 91.5 Å².